The van der Waals surface area contributed by atoms with Gasteiger partial charge in [-0.15, -0.1) is 12.4 Å². The van der Waals surface area contributed by atoms with Gasteiger partial charge in [-0.3, -0.25) is 0 Å². The van der Waals surface area contributed by atoms with Crippen molar-refractivity contribution in [3.63, 3.8) is 0 Å². The van der Waals surface area contributed by atoms with Gasteiger partial charge in [-0.1, -0.05) is 6.07 Å². The molecule has 0 radical (unpaired) electrons. The van der Waals surface area contributed by atoms with Crippen molar-refractivity contribution >= 4 is 18.4 Å². The summed E-state index contributed by atoms with van der Waals surface area (Å²) in [5.74, 6) is -10.6. The second-order valence-electron chi connectivity index (χ2n) is 3.62. The number of rotatable bonds is 4. The van der Waals surface area contributed by atoms with Crippen LogP contribution in [0.4, 0.5) is 17.6 Å². The number of alkyl halides is 2. The third kappa shape index (κ3) is 3.31. The summed E-state index contributed by atoms with van der Waals surface area (Å²) in [5.41, 5.74) is 4.33. The average Bonchev–Trinajstić information content (AvgIpc) is 2.35. The topological polar surface area (TPSA) is 72.5 Å². The number of carbonyl (C=O) groups is 1. The summed E-state index contributed by atoms with van der Waals surface area (Å²) in [6.07, 6.45) is 0. The number of halogens is 5. The Morgan fingerprint density at radius 1 is 1.45 bits per heavy atom. The average molecular weight is 318 g/mol. The van der Waals surface area contributed by atoms with Crippen LogP contribution in [0.1, 0.15) is 18.5 Å². The van der Waals surface area contributed by atoms with Crippen molar-refractivity contribution in [1.82, 2.24) is 0 Å². The van der Waals surface area contributed by atoms with E-state index in [9.17, 15) is 27.5 Å². The highest BCUT2D eigenvalue weighted by atomic mass is 35.5. The zero-order valence-corrected chi connectivity index (χ0v) is 11.0. The predicted octanol–water partition coefficient (Wildman–Crippen LogP) is 2.29. The van der Waals surface area contributed by atoms with Gasteiger partial charge in [0.1, 0.15) is 6.04 Å². The lowest BCUT2D eigenvalue weighted by Crippen LogP contribution is -2.41. The van der Waals surface area contributed by atoms with Gasteiger partial charge in [0.15, 0.2) is 11.6 Å². The zero-order chi connectivity index (χ0) is 14.8. The van der Waals surface area contributed by atoms with Gasteiger partial charge in [-0.25, -0.2) is 9.18 Å². The second kappa shape index (κ2) is 6.76. The Morgan fingerprint density at radius 3 is 2.50 bits per heavy atom. The number of phenols is 1. The monoisotopic (exact) mass is 317 g/mol. The molecule has 0 heterocycles. The molecule has 9 heteroatoms. The predicted molar refractivity (Wildman–Crippen MR) is 63.8 cm³/mol. The largest absolute Gasteiger partial charge is 0.505 e. The van der Waals surface area contributed by atoms with Crippen LogP contribution < -0.4 is 5.73 Å². The molecule has 0 aromatic heterocycles. The number of carbonyl (C=O) groups excluding carboxylic acids is 1. The SMILES string of the molecule is CCOC(=O)C(F)(F)[C@H](N)c1ccc(F)c(F)c1O.Cl. The second-order valence-corrected chi connectivity index (χ2v) is 3.62. The van der Waals surface area contributed by atoms with Gasteiger partial charge in [-0.05, 0) is 13.0 Å². The van der Waals surface area contributed by atoms with E-state index in [-0.39, 0.29) is 19.0 Å². The number of hydrogen-bond acceptors (Lipinski definition) is 4. The summed E-state index contributed by atoms with van der Waals surface area (Å²) in [7, 11) is 0. The molecule has 1 aromatic rings. The third-order valence-corrected chi connectivity index (χ3v) is 2.37. The van der Waals surface area contributed by atoms with E-state index in [0.717, 1.165) is 0 Å². The lowest BCUT2D eigenvalue weighted by molar-refractivity contribution is -0.174. The van der Waals surface area contributed by atoms with Crippen LogP contribution in [-0.2, 0) is 9.53 Å². The fraction of sp³-hybridized carbons (Fsp3) is 0.364. The lowest BCUT2D eigenvalue weighted by atomic mass is 10.00. The number of ether oxygens (including phenoxy) is 1. The normalized spacial score (nSPS) is 12.5. The highest BCUT2D eigenvalue weighted by Gasteiger charge is 2.49. The lowest BCUT2D eigenvalue weighted by Gasteiger charge is -2.22. The molecule has 0 spiro atoms. The molecular formula is C11H12ClF4NO3. The molecule has 0 aliphatic rings. The number of nitrogens with two attached hydrogens (primary N) is 1. The van der Waals surface area contributed by atoms with Crippen LogP contribution in [0.3, 0.4) is 0 Å². The quantitative estimate of drug-likeness (QED) is 0.660. The molecule has 0 saturated carbocycles. The first kappa shape index (κ1) is 18.5. The number of phenolic OH excluding ortho intramolecular Hbond substituents is 1. The van der Waals surface area contributed by atoms with Gasteiger partial charge in [0, 0.05) is 5.56 Å². The van der Waals surface area contributed by atoms with Crippen molar-refractivity contribution in [2.24, 2.45) is 5.73 Å². The van der Waals surface area contributed by atoms with Crippen molar-refractivity contribution in [2.75, 3.05) is 6.61 Å². The Bertz CT molecular complexity index is 499. The summed E-state index contributed by atoms with van der Waals surface area (Å²) in [6.45, 7) is 1.01. The van der Waals surface area contributed by atoms with Crippen LogP contribution in [0.5, 0.6) is 5.75 Å². The van der Waals surface area contributed by atoms with Crippen LogP contribution in [0.15, 0.2) is 12.1 Å². The molecule has 0 bridgehead atoms. The first-order valence-electron chi connectivity index (χ1n) is 5.20. The van der Waals surface area contributed by atoms with Crippen molar-refractivity contribution in [1.29, 1.82) is 0 Å². The Labute approximate surface area is 117 Å². The number of esters is 1. The Kier molecular flexibility index (Phi) is 6.24. The molecular weight excluding hydrogens is 306 g/mol. The van der Waals surface area contributed by atoms with Gasteiger partial charge in [0.2, 0.25) is 5.82 Å². The van der Waals surface area contributed by atoms with E-state index in [0.29, 0.717) is 12.1 Å². The van der Waals surface area contributed by atoms with Crippen molar-refractivity contribution < 1.29 is 32.2 Å². The molecule has 0 fully saturated rings. The fourth-order valence-corrected chi connectivity index (χ4v) is 1.36. The van der Waals surface area contributed by atoms with E-state index in [1.165, 1.54) is 6.92 Å². The van der Waals surface area contributed by atoms with Crippen LogP contribution in [0.25, 0.3) is 0 Å². The minimum absolute atomic E-state index is 0. The molecule has 114 valence electrons. The van der Waals surface area contributed by atoms with E-state index >= 15 is 0 Å². The minimum Gasteiger partial charge on any atom is -0.505 e. The molecule has 20 heavy (non-hydrogen) atoms. The molecule has 1 rings (SSSR count). The molecule has 1 atom stereocenters. The van der Waals surface area contributed by atoms with Gasteiger partial charge in [-0.2, -0.15) is 13.2 Å². The molecule has 1 aromatic carbocycles. The maximum absolute atomic E-state index is 13.6. The van der Waals surface area contributed by atoms with E-state index in [1.54, 1.807) is 0 Å². The van der Waals surface area contributed by atoms with Crippen LogP contribution in [-0.4, -0.2) is 23.6 Å². The molecule has 0 unspecified atom stereocenters. The smallest absolute Gasteiger partial charge is 0.379 e. The van der Waals surface area contributed by atoms with Crippen molar-refractivity contribution in [3.05, 3.63) is 29.3 Å². The number of hydrogen-bond donors (Lipinski definition) is 2. The highest BCUT2D eigenvalue weighted by molar-refractivity contribution is 5.85. The highest BCUT2D eigenvalue weighted by Crippen LogP contribution is 2.36. The van der Waals surface area contributed by atoms with Crippen LogP contribution in [0.2, 0.25) is 0 Å². The molecule has 0 aliphatic heterocycles. The number of aromatic hydroxyl groups is 1. The fourth-order valence-electron chi connectivity index (χ4n) is 1.36. The molecule has 0 saturated heterocycles. The van der Waals surface area contributed by atoms with Crippen LogP contribution >= 0.6 is 12.4 Å². The van der Waals surface area contributed by atoms with Crippen LogP contribution in [0, 0.1) is 11.6 Å². The molecule has 0 aliphatic carbocycles. The summed E-state index contributed by atoms with van der Waals surface area (Å²) in [6, 6.07) is -1.17. The summed E-state index contributed by atoms with van der Waals surface area (Å²) >= 11 is 0. The molecule has 4 nitrogen and oxygen atoms in total. The van der Waals surface area contributed by atoms with Gasteiger partial charge >= 0.3 is 11.9 Å². The van der Waals surface area contributed by atoms with Gasteiger partial charge in [0.25, 0.3) is 0 Å². The standard InChI is InChI=1S/C11H11F4NO3.ClH/c1-2-19-10(18)11(14,15)9(16)5-3-4-6(12)7(13)8(5)17;/h3-4,9,17H,2,16H2,1H3;1H/t9-;/m1./s1. The maximum atomic E-state index is 13.6. The third-order valence-electron chi connectivity index (χ3n) is 2.37. The van der Waals surface area contributed by atoms with E-state index in [4.69, 9.17) is 5.73 Å². The van der Waals surface area contributed by atoms with E-state index < -0.39 is 40.9 Å². The van der Waals surface area contributed by atoms with E-state index in [2.05, 4.69) is 4.74 Å². The van der Waals surface area contributed by atoms with Crippen molar-refractivity contribution in [2.45, 2.75) is 18.9 Å². The Morgan fingerprint density at radius 2 is 2.00 bits per heavy atom. The van der Waals surface area contributed by atoms with Gasteiger partial charge < -0.3 is 15.6 Å². The molecule has 0 amide bonds. The minimum atomic E-state index is -4.18. The van der Waals surface area contributed by atoms with Gasteiger partial charge in [0.05, 0.1) is 6.61 Å². The van der Waals surface area contributed by atoms with E-state index in [1.807, 2.05) is 0 Å². The molecule has 3 N–H and O–H groups in total. The Balaban J connectivity index is 0.00000361. The summed E-state index contributed by atoms with van der Waals surface area (Å²) < 4.78 is 57.1. The maximum Gasteiger partial charge on any atom is 0.379 e. The zero-order valence-electron chi connectivity index (χ0n) is 10.2. The first-order valence-corrected chi connectivity index (χ1v) is 5.20. The first-order chi connectivity index (χ1) is 8.73. The summed E-state index contributed by atoms with van der Waals surface area (Å²) in [5, 5.41) is 9.24. The number of benzene rings is 1. The Hall–Kier alpha value is -1.54. The summed E-state index contributed by atoms with van der Waals surface area (Å²) in [4.78, 5) is 11.0. The van der Waals surface area contributed by atoms with Crippen molar-refractivity contribution in [3.8, 4) is 5.75 Å².